The van der Waals surface area contributed by atoms with Crippen LogP contribution in [0.2, 0.25) is 0 Å². The smallest absolute Gasteiger partial charge is 0.318 e. The van der Waals surface area contributed by atoms with Crippen molar-refractivity contribution in [3.8, 4) is 6.01 Å². The van der Waals surface area contributed by atoms with E-state index in [-0.39, 0.29) is 5.60 Å². The van der Waals surface area contributed by atoms with Crippen molar-refractivity contribution < 1.29 is 4.74 Å². The Hall–Kier alpha value is -1.32. The van der Waals surface area contributed by atoms with E-state index in [1.807, 2.05) is 20.8 Å². The third-order valence-corrected chi connectivity index (χ3v) is 1.05. The third-order valence-electron chi connectivity index (χ3n) is 1.05. The van der Waals surface area contributed by atoms with Gasteiger partial charge >= 0.3 is 6.01 Å². The molecule has 0 bridgehead atoms. The van der Waals surface area contributed by atoms with Crippen LogP contribution in [0, 0.1) is 0 Å². The molecule has 0 aliphatic rings. The molecule has 66 valence electrons. The zero-order valence-corrected chi connectivity index (χ0v) is 7.53. The zero-order chi connectivity index (χ0) is 9.19. The molecule has 0 saturated carbocycles. The molecule has 0 unspecified atom stereocenters. The van der Waals surface area contributed by atoms with Gasteiger partial charge in [0.05, 0.1) is 0 Å². The van der Waals surface area contributed by atoms with Gasteiger partial charge in [0, 0.05) is 6.20 Å². The van der Waals surface area contributed by atoms with Crippen molar-refractivity contribution in [2.24, 2.45) is 0 Å². The van der Waals surface area contributed by atoms with Crippen LogP contribution in [-0.4, -0.2) is 15.6 Å². The molecule has 0 fully saturated rings. The molecule has 0 atom stereocenters. The molecule has 1 aromatic heterocycles. The van der Waals surface area contributed by atoms with Crippen LogP contribution in [-0.2, 0) is 0 Å². The summed E-state index contributed by atoms with van der Waals surface area (Å²) >= 11 is 0. The monoisotopic (exact) mass is 167 g/mol. The summed E-state index contributed by atoms with van der Waals surface area (Å²) in [5.41, 5.74) is 5.16. The Morgan fingerprint density at radius 2 is 2.08 bits per heavy atom. The summed E-state index contributed by atoms with van der Waals surface area (Å²) < 4.78 is 5.38. The first-order valence-electron chi connectivity index (χ1n) is 3.75. The van der Waals surface area contributed by atoms with Crippen LogP contribution >= 0.6 is 0 Å². The predicted octanol–water partition coefficient (Wildman–Crippen LogP) is 1.24. The van der Waals surface area contributed by atoms with E-state index in [0.29, 0.717) is 11.8 Å². The maximum atomic E-state index is 5.45. The van der Waals surface area contributed by atoms with E-state index in [2.05, 4.69) is 9.97 Å². The highest BCUT2D eigenvalue weighted by Crippen LogP contribution is 2.12. The highest BCUT2D eigenvalue weighted by molar-refractivity contribution is 5.26. The van der Waals surface area contributed by atoms with Crippen LogP contribution in [0.5, 0.6) is 6.01 Å². The molecule has 0 aliphatic carbocycles. The molecule has 1 rings (SSSR count). The largest absolute Gasteiger partial charge is 0.458 e. The molecule has 0 aliphatic heterocycles. The van der Waals surface area contributed by atoms with E-state index in [4.69, 9.17) is 10.5 Å². The third kappa shape index (κ3) is 2.74. The Balaban J connectivity index is 2.77. The van der Waals surface area contributed by atoms with Crippen molar-refractivity contribution in [2.75, 3.05) is 5.73 Å². The fourth-order valence-corrected chi connectivity index (χ4v) is 0.677. The number of hydrogen-bond donors (Lipinski definition) is 1. The van der Waals surface area contributed by atoms with E-state index >= 15 is 0 Å². The first-order valence-corrected chi connectivity index (χ1v) is 3.75. The average Bonchev–Trinajstić information content (AvgIpc) is 1.82. The van der Waals surface area contributed by atoms with Gasteiger partial charge in [0.25, 0.3) is 0 Å². The van der Waals surface area contributed by atoms with Gasteiger partial charge < -0.3 is 10.5 Å². The topological polar surface area (TPSA) is 61.0 Å². The van der Waals surface area contributed by atoms with Crippen LogP contribution in [0.3, 0.4) is 0 Å². The Kier molecular flexibility index (Phi) is 2.17. The molecule has 4 nitrogen and oxygen atoms in total. The number of rotatable bonds is 1. The van der Waals surface area contributed by atoms with Crippen molar-refractivity contribution in [3.63, 3.8) is 0 Å². The van der Waals surface area contributed by atoms with Gasteiger partial charge in [-0.05, 0) is 26.8 Å². The van der Waals surface area contributed by atoms with Gasteiger partial charge in [0.2, 0.25) is 0 Å². The van der Waals surface area contributed by atoms with Gasteiger partial charge in [0.15, 0.2) is 0 Å². The summed E-state index contributed by atoms with van der Waals surface area (Å²) in [6.07, 6.45) is 1.57. The second kappa shape index (κ2) is 2.97. The lowest BCUT2D eigenvalue weighted by atomic mass is 10.2. The number of nitrogen functional groups attached to an aromatic ring is 1. The lowest BCUT2D eigenvalue weighted by molar-refractivity contribution is 0.117. The van der Waals surface area contributed by atoms with Crippen LogP contribution in [0.1, 0.15) is 20.8 Å². The van der Waals surface area contributed by atoms with E-state index in [0.717, 1.165) is 0 Å². The summed E-state index contributed by atoms with van der Waals surface area (Å²) in [7, 11) is 0. The number of hydrogen-bond acceptors (Lipinski definition) is 4. The number of anilines is 1. The highest BCUT2D eigenvalue weighted by Gasteiger charge is 2.13. The van der Waals surface area contributed by atoms with Crippen LogP contribution in [0.25, 0.3) is 0 Å². The van der Waals surface area contributed by atoms with Crippen LogP contribution in [0.15, 0.2) is 12.3 Å². The van der Waals surface area contributed by atoms with E-state index in [1.165, 1.54) is 0 Å². The molecular weight excluding hydrogens is 154 g/mol. The minimum absolute atomic E-state index is 0.284. The van der Waals surface area contributed by atoms with Gasteiger partial charge in [0.1, 0.15) is 11.4 Å². The summed E-state index contributed by atoms with van der Waals surface area (Å²) in [5, 5.41) is 0. The summed E-state index contributed by atoms with van der Waals surface area (Å²) in [6, 6.07) is 1.94. The molecule has 0 amide bonds. The zero-order valence-electron chi connectivity index (χ0n) is 7.53. The van der Waals surface area contributed by atoms with Crippen molar-refractivity contribution in [1.29, 1.82) is 0 Å². The minimum Gasteiger partial charge on any atom is -0.458 e. The maximum absolute atomic E-state index is 5.45. The molecule has 0 aromatic carbocycles. The predicted molar refractivity (Wildman–Crippen MR) is 46.8 cm³/mol. The Morgan fingerprint density at radius 1 is 1.42 bits per heavy atom. The molecule has 0 saturated heterocycles. The second-order valence-electron chi connectivity index (χ2n) is 3.48. The van der Waals surface area contributed by atoms with Gasteiger partial charge in [-0.25, -0.2) is 4.98 Å². The van der Waals surface area contributed by atoms with Gasteiger partial charge in [-0.3, -0.25) is 0 Å². The van der Waals surface area contributed by atoms with Gasteiger partial charge in [-0.15, -0.1) is 0 Å². The first kappa shape index (κ1) is 8.77. The van der Waals surface area contributed by atoms with E-state index < -0.39 is 0 Å². The molecule has 1 aromatic rings. The maximum Gasteiger partial charge on any atom is 0.318 e. The fourth-order valence-electron chi connectivity index (χ4n) is 0.677. The van der Waals surface area contributed by atoms with Crippen molar-refractivity contribution in [1.82, 2.24) is 9.97 Å². The number of nitrogens with two attached hydrogens (primary N) is 1. The van der Waals surface area contributed by atoms with Crippen LogP contribution < -0.4 is 10.5 Å². The summed E-state index contributed by atoms with van der Waals surface area (Å²) in [6.45, 7) is 5.79. The SMILES string of the molecule is CC(C)(C)Oc1nccc(N)n1. The van der Waals surface area contributed by atoms with Crippen molar-refractivity contribution in [2.45, 2.75) is 26.4 Å². The summed E-state index contributed by atoms with van der Waals surface area (Å²) in [4.78, 5) is 7.81. The van der Waals surface area contributed by atoms with Crippen LogP contribution in [0.4, 0.5) is 5.82 Å². The average molecular weight is 167 g/mol. The lowest BCUT2D eigenvalue weighted by Gasteiger charge is -2.18. The Labute approximate surface area is 71.8 Å². The van der Waals surface area contributed by atoms with E-state index in [1.54, 1.807) is 12.3 Å². The molecule has 1 heterocycles. The molecule has 4 heteroatoms. The number of nitrogens with zero attached hydrogens (tertiary/aromatic N) is 2. The minimum atomic E-state index is -0.284. The standard InChI is InChI=1S/C8H13N3O/c1-8(2,3)12-7-10-5-4-6(9)11-7/h4-5H,1-3H3,(H2,9,10,11). The molecular formula is C8H13N3O. The molecule has 12 heavy (non-hydrogen) atoms. The Bertz CT molecular complexity index is 267. The highest BCUT2D eigenvalue weighted by atomic mass is 16.5. The van der Waals surface area contributed by atoms with Crippen molar-refractivity contribution >= 4 is 5.82 Å². The quantitative estimate of drug-likeness (QED) is 0.683. The normalized spacial score (nSPS) is 11.2. The molecule has 0 spiro atoms. The fraction of sp³-hybridized carbons (Fsp3) is 0.500. The summed E-state index contributed by atoms with van der Waals surface area (Å²) in [5.74, 6) is 0.421. The van der Waals surface area contributed by atoms with E-state index in [9.17, 15) is 0 Å². The first-order chi connectivity index (χ1) is 5.47. The molecule has 2 N–H and O–H groups in total. The van der Waals surface area contributed by atoms with Gasteiger partial charge in [-0.1, -0.05) is 0 Å². The van der Waals surface area contributed by atoms with Crippen molar-refractivity contribution in [3.05, 3.63) is 12.3 Å². The molecule has 0 radical (unpaired) electrons. The Morgan fingerprint density at radius 3 is 2.58 bits per heavy atom. The van der Waals surface area contributed by atoms with Gasteiger partial charge in [-0.2, -0.15) is 4.98 Å². The number of ether oxygens (including phenoxy) is 1. The second-order valence-corrected chi connectivity index (χ2v) is 3.48. The lowest BCUT2D eigenvalue weighted by Crippen LogP contribution is -2.24. The number of aromatic nitrogens is 2.